The van der Waals surface area contributed by atoms with Crippen LogP contribution in [0.4, 0.5) is 0 Å². The van der Waals surface area contributed by atoms with Crippen LogP contribution in [0.2, 0.25) is 0 Å². The first-order valence-corrected chi connectivity index (χ1v) is 8.30. The highest BCUT2D eigenvalue weighted by Crippen LogP contribution is 2.24. The zero-order chi connectivity index (χ0) is 13.9. The number of hydrogen-bond donors (Lipinski definition) is 1. The van der Waals surface area contributed by atoms with Crippen molar-refractivity contribution in [3.8, 4) is 0 Å². The SMILES string of the molecule is CC[C@@H]1C=C(NS(=O)(=O)c2ccc(C)cc2)CCC1. The molecule has 0 aromatic heterocycles. The average molecular weight is 279 g/mol. The van der Waals surface area contributed by atoms with Crippen molar-refractivity contribution in [2.24, 2.45) is 5.92 Å². The van der Waals surface area contributed by atoms with Crippen molar-refractivity contribution in [2.75, 3.05) is 0 Å². The normalized spacial score (nSPS) is 19.9. The third kappa shape index (κ3) is 3.60. The fourth-order valence-corrected chi connectivity index (χ4v) is 3.49. The Labute approximate surface area is 115 Å². The number of rotatable bonds is 4. The monoisotopic (exact) mass is 279 g/mol. The molecule has 0 bridgehead atoms. The van der Waals surface area contributed by atoms with Crippen LogP contribution in [-0.2, 0) is 10.0 Å². The quantitative estimate of drug-likeness (QED) is 0.918. The first-order valence-electron chi connectivity index (χ1n) is 6.81. The number of nitrogens with one attached hydrogen (secondary N) is 1. The Morgan fingerprint density at radius 1 is 1.26 bits per heavy atom. The summed E-state index contributed by atoms with van der Waals surface area (Å²) in [6.45, 7) is 4.08. The smallest absolute Gasteiger partial charge is 0.261 e. The van der Waals surface area contributed by atoms with Crippen molar-refractivity contribution in [3.05, 3.63) is 41.6 Å². The fraction of sp³-hybridized carbons (Fsp3) is 0.467. The lowest BCUT2D eigenvalue weighted by atomic mass is 9.92. The standard InChI is InChI=1S/C15H21NO2S/c1-3-13-5-4-6-14(11-13)16-19(17,18)15-9-7-12(2)8-10-15/h7-11,13,16H,3-6H2,1-2H3/t13-/m0/s1. The van der Waals surface area contributed by atoms with Crippen LogP contribution in [0.15, 0.2) is 40.9 Å². The molecule has 0 radical (unpaired) electrons. The van der Waals surface area contributed by atoms with Crippen LogP contribution < -0.4 is 4.72 Å². The maximum absolute atomic E-state index is 12.3. The highest BCUT2D eigenvalue weighted by atomic mass is 32.2. The summed E-state index contributed by atoms with van der Waals surface area (Å²) in [5.74, 6) is 0.504. The van der Waals surface area contributed by atoms with Gasteiger partial charge in [-0.05, 0) is 50.7 Å². The van der Waals surface area contributed by atoms with Gasteiger partial charge in [0.1, 0.15) is 0 Å². The van der Waals surface area contributed by atoms with E-state index in [1.165, 1.54) is 0 Å². The summed E-state index contributed by atoms with van der Waals surface area (Å²) in [7, 11) is -3.43. The minimum atomic E-state index is -3.43. The van der Waals surface area contributed by atoms with Gasteiger partial charge in [0.05, 0.1) is 4.90 Å². The van der Waals surface area contributed by atoms with Gasteiger partial charge in [0, 0.05) is 5.70 Å². The van der Waals surface area contributed by atoms with E-state index in [9.17, 15) is 8.42 Å². The zero-order valence-electron chi connectivity index (χ0n) is 11.5. The summed E-state index contributed by atoms with van der Waals surface area (Å²) in [5, 5.41) is 0. The van der Waals surface area contributed by atoms with E-state index in [0.717, 1.165) is 36.9 Å². The Kier molecular flexibility index (Phi) is 4.30. The number of hydrogen-bond acceptors (Lipinski definition) is 2. The summed E-state index contributed by atoms with van der Waals surface area (Å²) in [6, 6.07) is 6.94. The van der Waals surface area contributed by atoms with Crippen molar-refractivity contribution >= 4 is 10.0 Å². The van der Waals surface area contributed by atoms with E-state index in [4.69, 9.17) is 0 Å². The molecule has 0 amide bonds. The van der Waals surface area contributed by atoms with Crippen molar-refractivity contribution in [2.45, 2.75) is 44.4 Å². The highest BCUT2D eigenvalue weighted by molar-refractivity contribution is 7.89. The van der Waals surface area contributed by atoms with Crippen LogP contribution >= 0.6 is 0 Å². The molecule has 0 aliphatic heterocycles. The number of sulfonamides is 1. The molecule has 19 heavy (non-hydrogen) atoms. The minimum absolute atomic E-state index is 0.331. The van der Waals surface area contributed by atoms with E-state index in [0.29, 0.717) is 10.8 Å². The molecule has 1 aliphatic carbocycles. The third-order valence-corrected chi connectivity index (χ3v) is 5.00. The lowest BCUT2D eigenvalue weighted by Gasteiger charge is -2.21. The lowest BCUT2D eigenvalue weighted by Crippen LogP contribution is -2.25. The van der Waals surface area contributed by atoms with Gasteiger partial charge in [-0.1, -0.05) is 30.7 Å². The van der Waals surface area contributed by atoms with Gasteiger partial charge in [-0.15, -0.1) is 0 Å². The van der Waals surface area contributed by atoms with Crippen molar-refractivity contribution in [3.63, 3.8) is 0 Å². The first kappa shape index (κ1) is 14.1. The molecule has 0 fully saturated rings. The third-order valence-electron chi connectivity index (χ3n) is 3.58. The van der Waals surface area contributed by atoms with Crippen molar-refractivity contribution in [1.82, 2.24) is 4.72 Å². The van der Waals surface area contributed by atoms with E-state index >= 15 is 0 Å². The van der Waals surface area contributed by atoms with Gasteiger partial charge in [-0.25, -0.2) is 8.42 Å². The maximum Gasteiger partial charge on any atom is 0.261 e. The van der Waals surface area contributed by atoms with Crippen molar-refractivity contribution in [1.29, 1.82) is 0 Å². The molecule has 4 heteroatoms. The van der Waals surface area contributed by atoms with Crippen LogP contribution in [0.5, 0.6) is 0 Å². The van der Waals surface area contributed by atoms with E-state index in [1.54, 1.807) is 12.1 Å². The van der Waals surface area contributed by atoms with Gasteiger partial charge in [-0.3, -0.25) is 4.72 Å². The maximum atomic E-state index is 12.3. The molecule has 0 unspecified atom stereocenters. The summed E-state index contributed by atoms with van der Waals surface area (Å²) in [6.07, 6.45) is 6.18. The summed E-state index contributed by atoms with van der Waals surface area (Å²) in [5.41, 5.74) is 1.90. The predicted molar refractivity (Wildman–Crippen MR) is 77.2 cm³/mol. The fourth-order valence-electron chi connectivity index (χ4n) is 2.36. The van der Waals surface area contributed by atoms with E-state index in [2.05, 4.69) is 17.7 Å². The van der Waals surface area contributed by atoms with Gasteiger partial charge in [0.25, 0.3) is 10.0 Å². The number of allylic oxidation sites excluding steroid dienone is 2. The van der Waals surface area contributed by atoms with Gasteiger partial charge in [-0.2, -0.15) is 0 Å². The zero-order valence-corrected chi connectivity index (χ0v) is 12.3. The molecule has 1 aromatic carbocycles. The Morgan fingerprint density at radius 2 is 1.95 bits per heavy atom. The summed E-state index contributed by atoms with van der Waals surface area (Å²) >= 11 is 0. The molecule has 0 spiro atoms. The second-order valence-corrected chi connectivity index (χ2v) is 6.85. The van der Waals surface area contributed by atoms with E-state index in [1.807, 2.05) is 19.1 Å². The Bertz CT molecular complexity index is 558. The summed E-state index contributed by atoms with van der Waals surface area (Å²) in [4.78, 5) is 0.331. The highest BCUT2D eigenvalue weighted by Gasteiger charge is 2.18. The van der Waals surface area contributed by atoms with Gasteiger partial charge >= 0.3 is 0 Å². The Hall–Kier alpha value is -1.29. The second-order valence-electron chi connectivity index (χ2n) is 5.17. The van der Waals surface area contributed by atoms with Gasteiger partial charge < -0.3 is 0 Å². The molecule has 0 saturated carbocycles. The molecular formula is C15H21NO2S. The number of benzene rings is 1. The molecule has 2 rings (SSSR count). The van der Waals surface area contributed by atoms with Gasteiger partial charge in [0.15, 0.2) is 0 Å². The summed E-state index contributed by atoms with van der Waals surface area (Å²) < 4.78 is 27.2. The largest absolute Gasteiger partial charge is 0.284 e. The van der Waals surface area contributed by atoms with Gasteiger partial charge in [0.2, 0.25) is 0 Å². The topological polar surface area (TPSA) is 46.2 Å². The van der Waals surface area contributed by atoms with Crippen molar-refractivity contribution < 1.29 is 8.42 Å². The molecule has 0 saturated heterocycles. The average Bonchev–Trinajstić information content (AvgIpc) is 2.39. The second kappa shape index (κ2) is 5.78. The van der Waals surface area contributed by atoms with Crippen LogP contribution in [0.1, 0.15) is 38.2 Å². The first-order chi connectivity index (χ1) is 9.01. The van der Waals surface area contributed by atoms with Crippen LogP contribution in [-0.4, -0.2) is 8.42 Å². The Balaban J connectivity index is 2.17. The molecule has 104 valence electrons. The van der Waals surface area contributed by atoms with Crippen LogP contribution in [0.25, 0.3) is 0 Å². The van der Waals surface area contributed by atoms with Crippen LogP contribution in [0.3, 0.4) is 0 Å². The molecular weight excluding hydrogens is 258 g/mol. The molecule has 1 N–H and O–H groups in total. The lowest BCUT2D eigenvalue weighted by molar-refractivity contribution is 0.505. The molecule has 3 nitrogen and oxygen atoms in total. The van der Waals surface area contributed by atoms with E-state index < -0.39 is 10.0 Å². The molecule has 1 aliphatic rings. The molecule has 1 atom stereocenters. The number of aryl methyl sites for hydroxylation is 1. The predicted octanol–water partition coefficient (Wildman–Crippen LogP) is 3.37. The molecule has 1 aromatic rings. The minimum Gasteiger partial charge on any atom is -0.284 e. The molecule has 0 heterocycles. The van der Waals surface area contributed by atoms with Crippen LogP contribution in [0, 0.1) is 12.8 Å². The Morgan fingerprint density at radius 3 is 2.58 bits per heavy atom. The van der Waals surface area contributed by atoms with E-state index in [-0.39, 0.29) is 0 Å².